The molecule has 43 heavy (non-hydrogen) atoms. The number of benzene rings is 3. The lowest BCUT2D eigenvalue weighted by molar-refractivity contribution is -0.138. The third-order valence-corrected chi connectivity index (χ3v) is 7.91. The molecule has 1 atom stereocenters. The zero-order valence-corrected chi connectivity index (χ0v) is 24.0. The van der Waals surface area contributed by atoms with Crippen molar-refractivity contribution in [3.63, 3.8) is 0 Å². The molecule has 8 heteroatoms. The van der Waals surface area contributed by atoms with Gasteiger partial charge < -0.3 is 14.6 Å². The van der Waals surface area contributed by atoms with E-state index in [0.29, 0.717) is 24.1 Å². The van der Waals surface area contributed by atoms with E-state index in [1.807, 2.05) is 84.9 Å². The number of imidazole rings is 1. The van der Waals surface area contributed by atoms with Crippen LogP contribution in [-0.2, 0) is 25.1 Å². The number of hydrogen-bond acceptors (Lipinski definition) is 5. The predicted molar refractivity (Wildman–Crippen MR) is 165 cm³/mol. The van der Waals surface area contributed by atoms with Crippen LogP contribution in [-0.4, -0.2) is 25.2 Å². The molecule has 1 aliphatic rings. The Bertz CT molecular complexity index is 1840. The molecule has 3 aromatic carbocycles. The second-order valence-corrected chi connectivity index (χ2v) is 10.9. The van der Waals surface area contributed by atoms with E-state index < -0.39 is 5.97 Å². The third kappa shape index (κ3) is 6.23. The Morgan fingerprint density at radius 3 is 2.26 bits per heavy atom. The highest BCUT2D eigenvalue weighted by Gasteiger charge is 2.21. The molecular formula is C35H33N3O5. The Labute approximate surface area is 249 Å². The number of pyridine rings is 1. The number of nitrogens with zero attached hydrogens (tertiary/aromatic N) is 3. The Hall–Kier alpha value is -5.11. The number of aromatic nitrogens is 3. The first-order chi connectivity index (χ1) is 21.0. The van der Waals surface area contributed by atoms with Crippen LogP contribution >= 0.6 is 0 Å². The van der Waals surface area contributed by atoms with Crippen LogP contribution in [0.5, 0.6) is 11.8 Å². The zero-order valence-electron chi connectivity index (χ0n) is 24.0. The van der Waals surface area contributed by atoms with Gasteiger partial charge in [0.25, 0.3) is 0 Å². The topological polar surface area (TPSA) is 95.6 Å². The van der Waals surface area contributed by atoms with Crippen molar-refractivity contribution in [2.75, 3.05) is 0 Å². The van der Waals surface area contributed by atoms with Crippen molar-refractivity contribution in [1.29, 1.82) is 0 Å². The number of carbonyl (C=O) groups is 1. The van der Waals surface area contributed by atoms with Gasteiger partial charge >= 0.3 is 11.7 Å². The molecule has 1 unspecified atom stereocenters. The van der Waals surface area contributed by atoms with Gasteiger partial charge in [0, 0.05) is 19.5 Å². The third-order valence-electron chi connectivity index (χ3n) is 7.91. The molecule has 0 spiro atoms. The molecule has 0 fully saturated rings. The fourth-order valence-corrected chi connectivity index (χ4v) is 5.58. The number of ether oxygens (including phenoxy) is 2. The van der Waals surface area contributed by atoms with Gasteiger partial charge in [-0.2, -0.15) is 4.98 Å². The summed E-state index contributed by atoms with van der Waals surface area (Å²) in [5.41, 5.74) is 6.05. The van der Waals surface area contributed by atoms with Gasteiger partial charge in [0.1, 0.15) is 18.9 Å². The molecule has 0 radical (unpaired) electrons. The number of aryl methyl sites for hydroxylation is 1. The van der Waals surface area contributed by atoms with E-state index in [4.69, 9.17) is 19.6 Å². The number of fused-ring (bicyclic) bond motifs is 1. The average Bonchev–Trinajstić information content (AvgIpc) is 3.28. The molecule has 2 aromatic heterocycles. The van der Waals surface area contributed by atoms with Gasteiger partial charge in [-0.15, -0.1) is 0 Å². The lowest BCUT2D eigenvalue weighted by Crippen LogP contribution is -2.21. The van der Waals surface area contributed by atoms with Crippen molar-refractivity contribution in [3.05, 3.63) is 124 Å². The number of carboxylic acid groups (broad SMARTS) is 1. The summed E-state index contributed by atoms with van der Waals surface area (Å²) in [5, 5.41) is 9.14. The van der Waals surface area contributed by atoms with Crippen LogP contribution in [0.4, 0.5) is 0 Å². The molecule has 0 amide bonds. The molecule has 1 aliphatic carbocycles. The van der Waals surface area contributed by atoms with Gasteiger partial charge in [-0.25, -0.2) is 4.79 Å². The first-order valence-electron chi connectivity index (χ1n) is 14.4. The van der Waals surface area contributed by atoms with Crippen LogP contribution in [0.1, 0.15) is 42.4 Å². The summed E-state index contributed by atoms with van der Waals surface area (Å²) in [6, 6.07) is 29.3. The SMILES string of the molecule is Cn1c(=O)n(-c2ccc(OCc3ccccc3)nc2OCc2ccccc2)c2ccc(C3=CCC(CC(=O)O)CC3)cc21. The van der Waals surface area contributed by atoms with Crippen LogP contribution in [0.25, 0.3) is 22.3 Å². The molecule has 8 nitrogen and oxygen atoms in total. The molecule has 1 N–H and O–H groups in total. The minimum absolute atomic E-state index is 0.164. The summed E-state index contributed by atoms with van der Waals surface area (Å²) in [4.78, 5) is 29.5. The van der Waals surface area contributed by atoms with Crippen LogP contribution in [0.2, 0.25) is 0 Å². The maximum absolute atomic E-state index is 13.7. The lowest BCUT2D eigenvalue weighted by Gasteiger charge is -2.20. The number of allylic oxidation sites excluding steroid dienone is 2. The first kappa shape index (κ1) is 28.0. The molecule has 0 aliphatic heterocycles. The standard InChI is InChI=1S/C35H33N3O5/c1-37-31-21-28(27-14-12-24(13-15-27)20-33(39)40)16-17-29(31)38(35(37)41)30-18-19-32(42-22-25-8-4-2-5-9-25)36-34(30)43-23-26-10-6-3-7-11-26/h2-11,14,16-19,21,24H,12-13,15,20,22-23H2,1H3,(H,39,40). The van der Waals surface area contributed by atoms with Crippen molar-refractivity contribution in [2.45, 2.75) is 38.9 Å². The summed E-state index contributed by atoms with van der Waals surface area (Å²) in [7, 11) is 1.76. The fourth-order valence-electron chi connectivity index (χ4n) is 5.58. The van der Waals surface area contributed by atoms with Gasteiger partial charge in [0.05, 0.1) is 11.0 Å². The Morgan fingerprint density at radius 1 is 0.907 bits per heavy atom. The number of hydrogen-bond donors (Lipinski definition) is 1. The molecule has 0 saturated heterocycles. The number of carboxylic acids is 1. The van der Waals surface area contributed by atoms with Gasteiger partial charge in [-0.05, 0) is 65.6 Å². The second kappa shape index (κ2) is 12.4. The molecule has 5 aromatic rings. The number of rotatable bonds is 10. The Morgan fingerprint density at radius 2 is 1.60 bits per heavy atom. The van der Waals surface area contributed by atoms with E-state index in [-0.39, 0.29) is 24.6 Å². The largest absolute Gasteiger partial charge is 0.481 e. The fraction of sp³-hybridized carbons (Fsp3) is 0.229. The summed E-state index contributed by atoms with van der Waals surface area (Å²) >= 11 is 0. The summed E-state index contributed by atoms with van der Waals surface area (Å²) in [6.45, 7) is 0.638. The smallest absolute Gasteiger partial charge is 0.333 e. The van der Waals surface area contributed by atoms with Crippen molar-refractivity contribution in [3.8, 4) is 17.4 Å². The van der Waals surface area contributed by atoms with E-state index in [9.17, 15) is 9.59 Å². The lowest BCUT2D eigenvalue weighted by atomic mass is 9.85. The molecule has 6 rings (SSSR count). The Kier molecular flexibility index (Phi) is 8.09. The molecule has 0 saturated carbocycles. The highest BCUT2D eigenvalue weighted by molar-refractivity contribution is 5.83. The molecular weight excluding hydrogens is 542 g/mol. The summed E-state index contributed by atoms with van der Waals surface area (Å²) < 4.78 is 15.5. The maximum Gasteiger partial charge on any atom is 0.333 e. The van der Waals surface area contributed by atoms with Crippen LogP contribution < -0.4 is 15.2 Å². The molecule has 218 valence electrons. The minimum Gasteiger partial charge on any atom is -0.481 e. The van der Waals surface area contributed by atoms with Crippen LogP contribution in [0.3, 0.4) is 0 Å². The highest BCUT2D eigenvalue weighted by atomic mass is 16.5. The van der Waals surface area contributed by atoms with Gasteiger partial charge in [0.15, 0.2) is 0 Å². The van der Waals surface area contributed by atoms with Crippen LogP contribution in [0.15, 0.2) is 102 Å². The normalized spacial score (nSPS) is 14.8. The van der Waals surface area contributed by atoms with Crippen molar-refractivity contribution >= 4 is 22.6 Å². The maximum atomic E-state index is 13.7. The Balaban J connectivity index is 1.34. The summed E-state index contributed by atoms with van der Waals surface area (Å²) in [5.74, 6) is 0.109. The van der Waals surface area contributed by atoms with E-state index in [2.05, 4.69) is 6.08 Å². The molecule has 0 bridgehead atoms. The molecule has 2 heterocycles. The van der Waals surface area contributed by atoms with Crippen molar-refractivity contribution < 1.29 is 19.4 Å². The second-order valence-electron chi connectivity index (χ2n) is 10.9. The van der Waals surface area contributed by atoms with E-state index >= 15 is 0 Å². The van der Waals surface area contributed by atoms with Gasteiger partial charge in [-0.3, -0.25) is 13.9 Å². The highest BCUT2D eigenvalue weighted by Crippen LogP contribution is 2.34. The van der Waals surface area contributed by atoms with Gasteiger partial charge in [-0.1, -0.05) is 72.8 Å². The minimum atomic E-state index is -0.753. The van der Waals surface area contributed by atoms with Gasteiger partial charge in [0.2, 0.25) is 11.8 Å². The average molecular weight is 576 g/mol. The first-order valence-corrected chi connectivity index (χ1v) is 14.4. The van der Waals surface area contributed by atoms with E-state index in [0.717, 1.165) is 47.0 Å². The van der Waals surface area contributed by atoms with Crippen molar-refractivity contribution in [2.24, 2.45) is 13.0 Å². The van der Waals surface area contributed by atoms with E-state index in [1.165, 1.54) is 5.57 Å². The number of aliphatic carboxylic acids is 1. The quantitative estimate of drug-likeness (QED) is 0.203. The summed E-state index contributed by atoms with van der Waals surface area (Å²) in [6.07, 6.45) is 4.72. The predicted octanol–water partition coefficient (Wildman–Crippen LogP) is 6.54. The van der Waals surface area contributed by atoms with E-state index in [1.54, 1.807) is 22.2 Å². The van der Waals surface area contributed by atoms with Crippen LogP contribution in [0, 0.1) is 5.92 Å². The zero-order chi connectivity index (χ0) is 29.8. The van der Waals surface area contributed by atoms with Crippen molar-refractivity contribution in [1.82, 2.24) is 14.1 Å². The monoisotopic (exact) mass is 575 g/mol.